The number of aliphatic hydroxyl groups excluding tert-OH is 2. The summed E-state index contributed by atoms with van der Waals surface area (Å²) in [6.07, 6.45) is -0.475. The third kappa shape index (κ3) is 3.82. The topological polar surface area (TPSA) is 128 Å². The molecular formula is C21H26ClN5O4. The van der Waals surface area contributed by atoms with Crippen LogP contribution in [0.5, 0.6) is 0 Å². The molecule has 3 heterocycles. The monoisotopic (exact) mass is 447 g/mol. The first kappa shape index (κ1) is 21.8. The van der Waals surface area contributed by atoms with E-state index in [4.69, 9.17) is 16.0 Å². The second kappa shape index (κ2) is 7.90. The summed E-state index contributed by atoms with van der Waals surface area (Å²) >= 11 is 6.56. The van der Waals surface area contributed by atoms with Crippen molar-refractivity contribution in [3.05, 3.63) is 28.7 Å². The summed E-state index contributed by atoms with van der Waals surface area (Å²) in [5.41, 5.74) is 0.921. The van der Waals surface area contributed by atoms with Crippen molar-refractivity contribution < 1.29 is 19.7 Å². The zero-order chi connectivity index (χ0) is 22.5. The number of pyridine rings is 1. The summed E-state index contributed by atoms with van der Waals surface area (Å²) in [6.45, 7) is 3.55. The maximum absolute atomic E-state index is 11.1. The third-order valence-electron chi connectivity index (χ3n) is 5.70. The molecule has 1 fully saturated rings. The lowest BCUT2D eigenvalue weighted by atomic mass is 10.0. The molecule has 0 bridgehead atoms. The van der Waals surface area contributed by atoms with Crippen LogP contribution in [-0.4, -0.2) is 62.8 Å². The Morgan fingerprint density at radius 3 is 2.65 bits per heavy atom. The fourth-order valence-corrected chi connectivity index (χ4v) is 4.31. The molecule has 0 amide bonds. The molecule has 4 N–H and O–H groups in total. The van der Waals surface area contributed by atoms with Gasteiger partial charge in [0.1, 0.15) is 22.8 Å². The Morgan fingerprint density at radius 2 is 2.00 bits per heavy atom. The fourth-order valence-electron chi connectivity index (χ4n) is 4.06. The first-order valence-corrected chi connectivity index (χ1v) is 10.4. The second-order valence-corrected chi connectivity index (χ2v) is 8.64. The molecule has 3 aromatic rings. The highest BCUT2D eigenvalue weighted by Gasteiger charge is 2.47. The molecule has 1 aliphatic rings. The van der Waals surface area contributed by atoms with Crippen molar-refractivity contribution in [2.45, 2.75) is 38.5 Å². The first-order chi connectivity index (χ1) is 14.6. The number of aliphatic hydroxyl groups is 3. The lowest BCUT2D eigenvalue weighted by Gasteiger charge is -2.31. The highest BCUT2D eigenvalue weighted by Crippen LogP contribution is 2.41. The van der Waals surface area contributed by atoms with E-state index in [1.807, 2.05) is 26.0 Å². The van der Waals surface area contributed by atoms with Crippen LogP contribution in [0, 0.1) is 19.8 Å². The Labute approximate surface area is 184 Å². The molecule has 10 heteroatoms. The number of aromatic nitrogens is 3. The van der Waals surface area contributed by atoms with Gasteiger partial charge in [-0.2, -0.15) is 4.98 Å². The standard InChI is InChI=1S/C21H26ClN5O4/c1-10-7-13-8-14(31-16(13)11(2)23-10)15-18(22)24-20(27(3)4)25-19(15)26-21(30)6-5-12(9-28)17(21)29/h7-8,12,17,28-30H,5-6,9H2,1-4H3,(H,24,25,26). The number of anilines is 2. The van der Waals surface area contributed by atoms with Gasteiger partial charge >= 0.3 is 0 Å². The van der Waals surface area contributed by atoms with Crippen LogP contribution in [0.1, 0.15) is 24.2 Å². The Balaban J connectivity index is 1.86. The largest absolute Gasteiger partial charge is 0.454 e. The average Bonchev–Trinajstić information content (AvgIpc) is 3.23. The van der Waals surface area contributed by atoms with Crippen LogP contribution in [0.3, 0.4) is 0 Å². The van der Waals surface area contributed by atoms with Crippen LogP contribution < -0.4 is 10.2 Å². The van der Waals surface area contributed by atoms with Crippen molar-refractivity contribution in [3.8, 4) is 11.3 Å². The van der Waals surface area contributed by atoms with Gasteiger partial charge in [0.05, 0.1) is 11.3 Å². The Morgan fingerprint density at radius 1 is 1.26 bits per heavy atom. The van der Waals surface area contributed by atoms with Gasteiger partial charge in [0.2, 0.25) is 5.95 Å². The maximum atomic E-state index is 11.1. The van der Waals surface area contributed by atoms with Crippen LogP contribution in [0.25, 0.3) is 22.3 Å². The van der Waals surface area contributed by atoms with Crippen molar-refractivity contribution in [2.24, 2.45) is 5.92 Å². The minimum absolute atomic E-state index is 0.136. The maximum Gasteiger partial charge on any atom is 0.228 e. The van der Waals surface area contributed by atoms with Gasteiger partial charge in [0.25, 0.3) is 0 Å². The predicted octanol–water partition coefficient (Wildman–Crippen LogP) is 2.48. The van der Waals surface area contributed by atoms with Gasteiger partial charge in [-0.1, -0.05) is 11.6 Å². The van der Waals surface area contributed by atoms with Gasteiger partial charge in [-0.25, -0.2) is 4.98 Å². The van der Waals surface area contributed by atoms with E-state index in [9.17, 15) is 15.3 Å². The molecule has 3 aromatic heterocycles. The normalized spacial score (nSPS) is 23.5. The predicted molar refractivity (Wildman–Crippen MR) is 118 cm³/mol. The van der Waals surface area contributed by atoms with Gasteiger partial charge in [0, 0.05) is 37.7 Å². The molecule has 0 saturated heterocycles. The highest BCUT2D eigenvalue weighted by atomic mass is 35.5. The summed E-state index contributed by atoms with van der Waals surface area (Å²) in [6, 6.07) is 3.74. The van der Waals surface area contributed by atoms with Crippen molar-refractivity contribution in [1.82, 2.24) is 15.0 Å². The van der Waals surface area contributed by atoms with Gasteiger partial charge in [-0.3, -0.25) is 4.98 Å². The number of hydrogen-bond donors (Lipinski definition) is 4. The third-order valence-corrected chi connectivity index (χ3v) is 5.97. The fraction of sp³-hybridized carbons (Fsp3) is 0.476. The number of furan rings is 1. The van der Waals surface area contributed by atoms with Crippen LogP contribution >= 0.6 is 11.6 Å². The van der Waals surface area contributed by atoms with Crippen LogP contribution in [0.15, 0.2) is 16.5 Å². The van der Waals surface area contributed by atoms with E-state index in [2.05, 4.69) is 20.3 Å². The summed E-state index contributed by atoms with van der Waals surface area (Å²) in [4.78, 5) is 15.0. The Bertz CT molecular complexity index is 1130. The van der Waals surface area contributed by atoms with Gasteiger partial charge < -0.3 is 30.0 Å². The van der Waals surface area contributed by atoms with Crippen molar-refractivity contribution in [3.63, 3.8) is 0 Å². The molecule has 0 aromatic carbocycles. The van der Waals surface area contributed by atoms with Gasteiger partial charge in [0.15, 0.2) is 11.3 Å². The van der Waals surface area contributed by atoms with Crippen molar-refractivity contribution in [1.29, 1.82) is 0 Å². The molecule has 31 heavy (non-hydrogen) atoms. The molecule has 0 spiro atoms. The lowest BCUT2D eigenvalue weighted by molar-refractivity contribution is -0.0545. The van der Waals surface area contributed by atoms with E-state index in [1.165, 1.54) is 0 Å². The van der Waals surface area contributed by atoms with Crippen molar-refractivity contribution in [2.75, 3.05) is 30.9 Å². The van der Waals surface area contributed by atoms with Crippen molar-refractivity contribution >= 4 is 34.3 Å². The number of nitrogens with zero attached hydrogens (tertiary/aromatic N) is 4. The summed E-state index contributed by atoms with van der Waals surface area (Å²) in [7, 11) is 3.55. The number of aryl methyl sites for hydroxylation is 2. The average molecular weight is 448 g/mol. The molecule has 3 unspecified atom stereocenters. The Hall–Kier alpha value is -2.46. The SMILES string of the molecule is Cc1cc2cc(-c3c(Cl)nc(N(C)C)nc3NC3(O)CCC(CO)C3O)oc2c(C)n1. The van der Waals surface area contributed by atoms with E-state index in [0.717, 1.165) is 16.8 Å². The number of nitrogens with one attached hydrogen (secondary N) is 1. The molecule has 0 radical (unpaired) electrons. The number of fused-ring (bicyclic) bond motifs is 1. The molecule has 1 aliphatic carbocycles. The molecule has 9 nitrogen and oxygen atoms in total. The van der Waals surface area contributed by atoms with E-state index in [-0.39, 0.29) is 24.0 Å². The van der Waals surface area contributed by atoms with Gasteiger partial charge in [-0.05, 0) is 38.8 Å². The molecule has 166 valence electrons. The van der Waals surface area contributed by atoms with Crippen LogP contribution in [0.4, 0.5) is 11.8 Å². The quantitative estimate of drug-likeness (QED) is 0.344. The zero-order valence-electron chi connectivity index (χ0n) is 17.8. The van der Waals surface area contributed by atoms with E-state index < -0.39 is 17.7 Å². The minimum Gasteiger partial charge on any atom is -0.454 e. The van der Waals surface area contributed by atoms with E-state index in [1.54, 1.807) is 19.0 Å². The molecule has 4 rings (SSSR count). The number of hydrogen-bond acceptors (Lipinski definition) is 9. The molecule has 1 saturated carbocycles. The Kier molecular flexibility index (Phi) is 5.55. The zero-order valence-corrected chi connectivity index (χ0v) is 18.6. The van der Waals surface area contributed by atoms with E-state index in [0.29, 0.717) is 29.3 Å². The smallest absolute Gasteiger partial charge is 0.228 e. The first-order valence-electron chi connectivity index (χ1n) is 10.1. The molecule has 3 atom stereocenters. The number of rotatable bonds is 5. The highest BCUT2D eigenvalue weighted by molar-refractivity contribution is 6.32. The van der Waals surface area contributed by atoms with Crippen LogP contribution in [0.2, 0.25) is 5.15 Å². The van der Waals surface area contributed by atoms with Crippen LogP contribution in [-0.2, 0) is 0 Å². The summed E-state index contributed by atoms with van der Waals surface area (Å²) < 4.78 is 6.06. The van der Waals surface area contributed by atoms with Gasteiger partial charge in [-0.15, -0.1) is 0 Å². The molecule has 0 aliphatic heterocycles. The molecular weight excluding hydrogens is 422 g/mol. The summed E-state index contributed by atoms with van der Waals surface area (Å²) in [5.74, 6) is 0.536. The lowest BCUT2D eigenvalue weighted by Crippen LogP contribution is -2.48. The number of halogens is 1. The summed E-state index contributed by atoms with van der Waals surface area (Å²) in [5, 5.41) is 35.1. The second-order valence-electron chi connectivity index (χ2n) is 8.29. The minimum atomic E-state index is -1.68. The van der Waals surface area contributed by atoms with E-state index >= 15 is 0 Å².